The Labute approximate surface area is 117 Å². The predicted octanol–water partition coefficient (Wildman–Crippen LogP) is 1.33. The molecule has 1 N–H and O–H groups in total. The number of anilines is 1. The molecule has 7 nitrogen and oxygen atoms in total. The molecule has 1 aromatic rings. The van der Waals surface area contributed by atoms with Crippen LogP contribution in [0.5, 0.6) is 11.8 Å². The average molecular weight is 281 g/mol. The summed E-state index contributed by atoms with van der Waals surface area (Å²) in [6.07, 6.45) is 2.34. The van der Waals surface area contributed by atoms with E-state index in [1.165, 1.54) is 14.2 Å². The molecule has 0 aliphatic carbocycles. The fraction of sp³-hybridized carbons (Fsp3) is 0.615. The van der Waals surface area contributed by atoms with E-state index >= 15 is 0 Å². The molecule has 1 saturated heterocycles. The molecule has 0 aromatic carbocycles. The summed E-state index contributed by atoms with van der Waals surface area (Å²) in [5.41, 5.74) is -1.00. The first-order valence-corrected chi connectivity index (χ1v) is 6.49. The van der Waals surface area contributed by atoms with Crippen molar-refractivity contribution in [2.45, 2.75) is 31.7 Å². The van der Waals surface area contributed by atoms with Crippen LogP contribution in [-0.2, 0) is 4.79 Å². The number of carboxylic acid groups (broad SMARTS) is 1. The van der Waals surface area contributed by atoms with Gasteiger partial charge in [-0.15, -0.1) is 0 Å². The molecule has 1 unspecified atom stereocenters. The number of piperidine rings is 1. The zero-order valence-electron chi connectivity index (χ0n) is 11.9. The number of hydrogen-bond acceptors (Lipinski definition) is 6. The largest absolute Gasteiger partial charge is 0.481 e. The van der Waals surface area contributed by atoms with E-state index in [1.54, 1.807) is 17.9 Å². The van der Waals surface area contributed by atoms with Crippen LogP contribution in [-0.4, -0.2) is 47.3 Å². The molecule has 0 radical (unpaired) electrons. The predicted molar refractivity (Wildman–Crippen MR) is 72.4 cm³/mol. The Morgan fingerprint density at radius 2 is 1.90 bits per heavy atom. The Balaban J connectivity index is 2.44. The third-order valence-corrected chi connectivity index (χ3v) is 3.68. The van der Waals surface area contributed by atoms with Crippen molar-refractivity contribution >= 4 is 11.9 Å². The molecular formula is C13H19N3O4. The third-order valence-electron chi connectivity index (χ3n) is 3.68. The summed E-state index contributed by atoms with van der Waals surface area (Å²) < 4.78 is 10.2. The van der Waals surface area contributed by atoms with E-state index in [9.17, 15) is 9.90 Å². The van der Waals surface area contributed by atoms with Gasteiger partial charge in [-0.2, -0.15) is 9.97 Å². The molecule has 110 valence electrons. The van der Waals surface area contributed by atoms with Gasteiger partial charge in [0.15, 0.2) is 0 Å². The van der Waals surface area contributed by atoms with Crippen LogP contribution in [0.3, 0.4) is 0 Å². The van der Waals surface area contributed by atoms with Crippen LogP contribution in [0.15, 0.2) is 6.07 Å². The van der Waals surface area contributed by atoms with Gasteiger partial charge < -0.3 is 19.5 Å². The smallest absolute Gasteiger partial charge is 0.329 e. The van der Waals surface area contributed by atoms with Crippen molar-refractivity contribution in [1.82, 2.24) is 9.97 Å². The molecular weight excluding hydrogens is 262 g/mol. The summed E-state index contributed by atoms with van der Waals surface area (Å²) in [5.74, 6) is 0.156. The minimum absolute atomic E-state index is 0.325. The maximum atomic E-state index is 11.6. The van der Waals surface area contributed by atoms with Crippen LogP contribution < -0.4 is 14.4 Å². The molecule has 1 aliphatic rings. The van der Waals surface area contributed by atoms with E-state index in [1.807, 2.05) is 0 Å². The maximum Gasteiger partial charge on any atom is 0.329 e. The summed E-state index contributed by atoms with van der Waals surface area (Å²) in [6, 6.07) is 1.56. The number of ether oxygens (including phenoxy) is 2. The van der Waals surface area contributed by atoms with Crippen LogP contribution >= 0.6 is 0 Å². The van der Waals surface area contributed by atoms with Crippen molar-refractivity contribution < 1.29 is 19.4 Å². The van der Waals surface area contributed by atoms with Crippen molar-refractivity contribution in [3.05, 3.63) is 6.07 Å². The topological polar surface area (TPSA) is 84.8 Å². The van der Waals surface area contributed by atoms with E-state index < -0.39 is 11.5 Å². The number of nitrogens with zero attached hydrogens (tertiary/aromatic N) is 3. The van der Waals surface area contributed by atoms with Crippen molar-refractivity contribution in [3.63, 3.8) is 0 Å². The van der Waals surface area contributed by atoms with Gasteiger partial charge in [-0.1, -0.05) is 0 Å². The summed E-state index contributed by atoms with van der Waals surface area (Å²) in [5, 5.41) is 9.52. The van der Waals surface area contributed by atoms with Crippen molar-refractivity contribution in [2.75, 3.05) is 25.7 Å². The fourth-order valence-corrected chi connectivity index (χ4v) is 2.39. The number of aliphatic carboxylic acids is 1. The highest BCUT2D eigenvalue weighted by atomic mass is 16.5. The van der Waals surface area contributed by atoms with E-state index in [2.05, 4.69) is 9.97 Å². The molecule has 20 heavy (non-hydrogen) atoms. The van der Waals surface area contributed by atoms with Crippen LogP contribution in [0.25, 0.3) is 0 Å². The first-order chi connectivity index (χ1) is 9.51. The second-order valence-electron chi connectivity index (χ2n) is 4.94. The summed E-state index contributed by atoms with van der Waals surface area (Å²) in [4.78, 5) is 21.8. The summed E-state index contributed by atoms with van der Waals surface area (Å²) >= 11 is 0. The number of carboxylic acids is 1. The van der Waals surface area contributed by atoms with Crippen LogP contribution in [0.4, 0.5) is 5.95 Å². The zero-order chi connectivity index (χ0) is 14.8. The first-order valence-electron chi connectivity index (χ1n) is 6.49. The molecule has 0 spiro atoms. The highest BCUT2D eigenvalue weighted by Gasteiger charge is 2.43. The second-order valence-corrected chi connectivity index (χ2v) is 4.94. The maximum absolute atomic E-state index is 11.6. The highest BCUT2D eigenvalue weighted by molar-refractivity contribution is 5.82. The molecule has 0 bridgehead atoms. The van der Waals surface area contributed by atoms with Crippen LogP contribution in [0, 0.1) is 0 Å². The van der Waals surface area contributed by atoms with Gasteiger partial charge in [-0.05, 0) is 26.2 Å². The average Bonchev–Trinajstić information content (AvgIpc) is 2.46. The summed E-state index contributed by atoms with van der Waals surface area (Å²) in [7, 11) is 3.00. The van der Waals surface area contributed by atoms with Gasteiger partial charge in [-0.25, -0.2) is 4.79 Å². The number of rotatable bonds is 4. The van der Waals surface area contributed by atoms with E-state index in [0.29, 0.717) is 30.7 Å². The molecule has 0 saturated carbocycles. The van der Waals surface area contributed by atoms with Gasteiger partial charge in [0.1, 0.15) is 5.54 Å². The second kappa shape index (κ2) is 5.52. The molecule has 7 heteroatoms. The Kier molecular flexibility index (Phi) is 3.96. The Hall–Kier alpha value is -2.05. The third kappa shape index (κ3) is 2.48. The molecule has 2 heterocycles. The number of carbonyl (C=O) groups is 1. The minimum Gasteiger partial charge on any atom is -0.481 e. The standard InChI is InChI=1S/C13H19N3O4/c1-13(11(17)18)6-4-5-7-16(13)12-14-9(19-2)8-10(15-12)20-3/h8H,4-7H2,1-3H3,(H,17,18). The minimum atomic E-state index is -1.00. The molecule has 0 amide bonds. The molecule has 2 rings (SSSR count). The zero-order valence-corrected chi connectivity index (χ0v) is 11.9. The van der Waals surface area contributed by atoms with Crippen molar-refractivity contribution in [3.8, 4) is 11.8 Å². The number of aromatic nitrogens is 2. The lowest BCUT2D eigenvalue weighted by atomic mass is 9.89. The molecule has 1 aromatic heterocycles. The lowest BCUT2D eigenvalue weighted by Crippen LogP contribution is -2.56. The lowest BCUT2D eigenvalue weighted by Gasteiger charge is -2.41. The summed E-state index contributed by atoms with van der Waals surface area (Å²) in [6.45, 7) is 2.29. The fourth-order valence-electron chi connectivity index (χ4n) is 2.39. The Bertz CT molecular complexity index is 486. The van der Waals surface area contributed by atoms with Gasteiger partial charge in [0.2, 0.25) is 17.7 Å². The number of methoxy groups -OCH3 is 2. The van der Waals surface area contributed by atoms with Crippen LogP contribution in [0.1, 0.15) is 26.2 Å². The highest BCUT2D eigenvalue weighted by Crippen LogP contribution is 2.33. The Morgan fingerprint density at radius 3 is 2.40 bits per heavy atom. The lowest BCUT2D eigenvalue weighted by molar-refractivity contribution is -0.143. The molecule has 1 aliphatic heterocycles. The molecule has 1 fully saturated rings. The Morgan fingerprint density at radius 1 is 1.30 bits per heavy atom. The quantitative estimate of drug-likeness (QED) is 0.891. The van der Waals surface area contributed by atoms with Crippen LogP contribution in [0.2, 0.25) is 0 Å². The van der Waals surface area contributed by atoms with Gasteiger partial charge in [0.25, 0.3) is 0 Å². The SMILES string of the molecule is COc1cc(OC)nc(N2CCCCC2(C)C(=O)O)n1. The van der Waals surface area contributed by atoms with Crippen molar-refractivity contribution in [2.24, 2.45) is 0 Å². The molecule has 1 atom stereocenters. The first kappa shape index (κ1) is 14.4. The van der Waals surface area contributed by atoms with Gasteiger partial charge >= 0.3 is 5.97 Å². The van der Waals surface area contributed by atoms with E-state index in [4.69, 9.17) is 9.47 Å². The number of hydrogen-bond donors (Lipinski definition) is 1. The van der Waals surface area contributed by atoms with Crippen molar-refractivity contribution in [1.29, 1.82) is 0 Å². The van der Waals surface area contributed by atoms with Gasteiger partial charge in [0.05, 0.1) is 20.3 Å². The van der Waals surface area contributed by atoms with E-state index in [0.717, 1.165) is 12.8 Å². The van der Waals surface area contributed by atoms with Gasteiger partial charge in [0, 0.05) is 6.54 Å². The normalized spacial score (nSPS) is 22.4. The van der Waals surface area contributed by atoms with Gasteiger partial charge in [-0.3, -0.25) is 0 Å². The monoisotopic (exact) mass is 281 g/mol. The van der Waals surface area contributed by atoms with E-state index in [-0.39, 0.29) is 0 Å².